The summed E-state index contributed by atoms with van der Waals surface area (Å²) < 4.78 is 8.02. The zero-order valence-corrected chi connectivity index (χ0v) is 13.1. The number of carbonyl (C=O) groups excluding carboxylic acids is 1. The number of halogens is 1. The normalized spacial score (nSPS) is 16.4. The van der Waals surface area contributed by atoms with Crippen LogP contribution in [0.2, 0.25) is 0 Å². The summed E-state index contributed by atoms with van der Waals surface area (Å²) in [6.45, 7) is 4.35. The van der Waals surface area contributed by atoms with E-state index in [1.54, 1.807) is 7.11 Å². The quantitative estimate of drug-likeness (QED) is 0.836. The minimum Gasteiger partial charge on any atom is -0.385 e. The lowest BCUT2D eigenvalue weighted by molar-refractivity contribution is 0.0929. The predicted molar refractivity (Wildman–Crippen MR) is 78.3 cm³/mol. The van der Waals surface area contributed by atoms with Crippen LogP contribution in [0.25, 0.3) is 0 Å². The van der Waals surface area contributed by atoms with Crippen molar-refractivity contribution in [2.75, 3.05) is 20.3 Å². The number of rotatable bonds is 7. The van der Waals surface area contributed by atoms with Crippen molar-refractivity contribution in [1.82, 2.24) is 9.88 Å². The van der Waals surface area contributed by atoms with Gasteiger partial charge < -0.3 is 14.6 Å². The minimum atomic E-state index is 0.0104. The highest BCUT2D eigenvalue weighted by atomic mass is 79.9. The third-order valence-corrected chi connectivity index (χ3v) is 4.29. The lowest BCUT2D eigenvalue weighted by Gasteiger charge is -2.15. The maximum atomic E-state index is 12.2. The second-order valence-corrected chi connectivity index (χ2v) is 6.17. The molecule has 4 nitrogen and oxygen atoms in total. The van der Waals surface area contributed by atoms with Crippen molar-refractivity contribution in [3.05, 3.63) is 22.4 Å². The molecule has 1 N–H and O–H groups in total. The van der Waals surface area contributed by atoms with E-state index in [-0.39, 0.29) is 11.3 Å². The molecular formula is C14H21BrN2O2. The Labute approximate surface area is 122 Å². The van der Waals surface area contributed by atoms with Gasteiger partial charge in [0, 0.05) is 37.5 Å². The molecule has 2 rings (SSSR count). The largest absolute Gasteiger partial charge is 0.385 e. The number of ether oxygens (including phenoxy) is 1. The maximum Gasteiger partial charge on any atom is 0.267 e. The van der Waals surface area contributed by atoms with E-state index in [0.717, 1.165) is 36.3 Å². The van der Waals surface area contributed by atoms with Crippen LogP contribution in [0, 0.1) is 5.41 Å². The average molecular weight is 329 g/mol. The summed E-state index contributed by atoms with van der Waals surface area (Å²) in [6.07, 6.45) is 5.35. The highest BCUT2D eigenvalue weighted by molar-refractivity contribution is 9.10. The first-order chi connectivity index (χ1) is 9.10. The van der Waals surface area contributed by atoms with E-state index in [1.165, 1.54) is 12.8 Å². The molecule has 1 aliphatic carbocycles. The number of methoxy groups -OCH3 is 1. The summed E-state index contributed by atoms with van der Waals surface area (Å²) in [5.74, 6) is 0.0104. The van der Waals surface area contributed by atoms with Gasteiger partial charge in [0.1, 0.15) is 5.69 Å². The van der Waals surface area contributed by atoms with Crippen molar-refractivity contribution in [3.8, 4) is 0 Å². The van der Waals surface area contributed by atoms with Crippen molar-refractivity contribution in [2.24, 2.45) is 5.41 Å². The molecular weight excluding hydrogens is 308 g/mol. The smallest absolute Gasteiger partial charge is 0.267 e. The Hall–Kier alpha value is -0.810. The van der Waals surface area contributed by atoms with Gasteiger partial charge in [-0.05, 0) is 53.6 Å². The van der Waals surface area contributed by atoms with Gasteiger partial charge in [-0.15, -0.1) is 0 Å². The number of nitrogens with zero attached hydrogens (tertiary/aromatic N) is 1. The zero-order chi connectivity index (χ0) is 13.9. The van der Waals surface area contributed by atoms with Gasteiger partial charge in [0.15, 0.2) is 0 Å². The molecule has 0 saturated heterocycles. The van der Waals surface area contributed by atoms with Gasteiger partial charge in [0.2, 0.25) is 0 Å². The highest BCUT2D eigenvalue weighted by Gasteiger charge is 2.42. The molecule has 1 heterocycles. The highest BCUT2D eigenvalue weighted by Crippen LogP contribution is 2.48. The topological polar surface area (TPSA) is 43.3 Å². The summed E-state index contributed by atoms with van der Waals surface area (Å²) in [7, 11) is 1.72. The van der Waals surface area contributed by atoms with E-state index in [4.69, 9.17) is 4.74 Å². The van der Waals surface area contributed by atoms with Gasteiger partial charge in [-0.1, -0.05) is 0 Å². The number of amides is 1. The van der Waals surface area contributed by atoms with Crippen LogP contribution in [-0.2, 0) is 11.3 Å². The molecule has 5 heteroatoms. The molecule has 19 heavy (non-hydrogen) atoms. The van der Waals surface area contributed by atoms with E-state index < -0.39 is 0 Å². The van der Waals surface area contributed by atoms with E-state index >= 15 is 0 Å². The molecule has 0 radical (unpaired) electrons. The molecule has 0 aliphatic heterocycles. The van der Waals surface area contributed by atoms with Crippen LogP contribution in [0.1, 0.15) is 36.7 Å². The van der Waals surface area contributed by atoms with Gasteiger partial charge in [-0.25, -0.2) is 0 Å². The molecule has 0 spiro atoms. The summed E-state index contributed by atoms with van der Waals surface area (Å²) in [4.78, 5) is 12.2. The molecule has 0 unspecified atom stereocenters. The summed E-state index contributed by atoms with van der Waals surface area (Å²) in [6, 6.07) is 1.87. The Bertz CT molecular complexity index is 452. The predicted octanol–water partition coefficient (Wildman–Crippen LogP) is 2.82. The van der Waals surface area contributed by atoms with Gasteiger partial charge in [0.05, 0.1) is 0 Å². The zero-order valence-electron chi connectivity index (χ0n) is 11.5. The molecule has 0 atom stereocenters. The van der Waals surface area contributed by atoms with Gasteiger partial charge in [0.25, 0.3) is 5.91 Å². The summed E-state index contributed by atoms with van der Waals surface area (Å²) in [5.41, 5.74) is 1.00. The lowest BCUT2D eigenvalue weighted by atomic mass is 10.0. The molecule has 0 bridgehead atoms. The Kier molecular flexibility index (Phi) is 4.68. The van der Waals surface area contributed by atoms with Crippen LogP contribution < -0.4 is 5.32 Å². The fourth-order valence-corrected chi connectivity index (χ4v) is 2.76. The summed E-state index contributed by atoms with van der Waals surface area (Å²) >= 11 is 3.41. The number of aromatic nitrogens is 1. The van der Waals surface area contributed by atoms with E-state index in [9.17, 15) is 4.79 Å². The van der Waals surface area contributed by atoms with Crippen LogP contribution >= 0.6 is 15.9 Å². The molecule has 1 aromatic heterocycles. The molecule has 1 fully saturated rings. The molecule has 0 aromatic carbocycles. The first kappa shape index (κ1) is 14.6. The van der Waals surface area contributed by atoms with Crippen LogP contribution in [0.3, 0.4) is 0 Å². The Morgan fingerprint density at radius 3 is 2.89 bits per heavy atom. The molecule has 1 saturated carbocycles. The number of aryl methyl sites for hydroxylation is 1. The Balaban J connectivity index is 1.91. The maximum absolute atomic E-state index is 12.2. The van der Waals surface area contributed by atoms with Crippen molar-refractivity contribution in [3.63, 3.8) is 0 Å². The van der Waals surface area contributed by atoms with Crippen molar-refractivity contribution < 1.29 is 9.53 Å². The third-order valence-electron chi connectivity index (χ3n) is 3.85. The van der Waals surface area contributed by atoms with E-state index in [1.807, 2.05) is 23.8 Å². The first-order valence-corrected chi connectivity index (χ1v) is 7.52. The van der Waals surface area contributed by atoms with Crippen molar-refractivity contribution >= 4 is 21.8 Å². The number of hydrogen-bond acceptors (Lipinski definition) is 2. The third kappa shape index (κ3) is 3.60. The van der Waals surface area contributed by atoms with Crippen LogP contribution in [-0.4, -0.2) is 30.7 Å². The molecule has 106 valence electrons. The molecule has 1 aliphatic rings. The Morgan fingerprint density at radius 2 is 2.32 bits per heavy atom. The molecule has 1 aromatic rings. The fraction of sp³-hybridized carbons (Fsp3) is 0.643. The number of hydrogen-bond donors (Lipinski definition) is 1. The van der Waals surface area contributed by atoms with Crippen molar-refractivity contribution in [1.29, 1.82) is 0 Å². The van der Waals surface area contributed by atoms with Crippen LogP contribution in [0.5, 0.6) is 0 Å². The minimum absolute atomic E-state index is 0.0104. The van der Waals surface area contributed by atoms with Crippen molar-refractivity contribution in [2.45, 2.75) is 32.7 Å². The lowest BCUT2D eigenvalue weighted by Crippen LogP contribution is -2.32. The monoisotopic (exact) mass is 328 g/mol. The Morgan fingerprint density at radius 1 is 1.58 bits per heavy atom. The SMILES string of the molecule is CCn1cc(Br)cc1C(=O)NCC1(CCOC)CC1. The first-order valence-electron chi connectivity index (χ1n) is 6.73. The second kappa shape index (κ2) is 6.09. The average Bonchev–Trinajstić information content (AvgIpc) is 3.08. The second-order valence-electron chi connectivity index (χ2n) is 5.26. The van der Waals surface area contributed by atoms with Crippen LogP contribution in [0.15, 0.2) is 16.7 Å². The van der Waals surface area contributed by atoms with Gasteiger partial charge in [-0.3, -0.25) is 4.79 Å². The van der Waals surface area contributed by atoms with Gasteiger partial charge >= 0.3 is 0 Å². The van der Waals surface area contributed by atoms with E-state index in [0.29, 0.717) is 0 Å². The standard InChI is InChI=1S/C14H21BrN2O2/c1-3-17-9-11(15)8-12(17)13(18)16-10-14(4-5-14)6-7-19-2/h8-9H,3-7,10H2,1-2H3,(H,16,18). The molecule has 1 amide bonds. The fourth-order valence-electron chi connectivity index (χ4n) is 2.30. The van der Waals surface area contributed by atoms with E-state index in [2.05, 4.69) is 21.2 Å². The van der Waals surface area contributed by atoms with Gasteiger partial charge in [-0.2, -0.15) is 0 Å². The summed E-state index contributed by atoms with van der Waals surface area (Å²) in [5, 5.41) is 3.06. The van der Waals surface area contributed by atoms with Crippen LogP contribution in [0.4, 0.5) is 0 Å². The number of carbonyl (C=O) groups is 1. The number of nitrogens with one attached hydrogen (secondary N) is 1.